The summed E-state index contributed by atoms with van der Waals surface area (Å²) in [5, 5.41) is 18.5. The Morgan fingerprint density at radius 3 is 2.91 bits per heavy atom. The van der Waals surface area contributed by atoms with E-state index >= 15 is 0 Å². The second-order valence-electron chi connectivity index (χ2n) is 6.80. The standard InChI is InChI=1S/C15H26N4O3/c1-5-7-19-12(9-16-17-19)13(20)11-6-8-18(10-11)14(21)22-15(2,3)4/h9,11,13,20H,5-8,10H2,1-4H3. The molecule has 1 fully saturated rings. The third-order valence-corrected chi connectivity index (χ3v) is 3.71. The van der Waals surface area contributed by atoms with Crippen molar-refractivity contribution in [1.29, 1.82) is 0 Å². The average molecular weight is 310 g/mol. The monoisotopic (exact) mass is 310 g/mol. The molecule has 1 aliphatic rings. The fraction of sp³-hybridized carbons (Fsp3) is 0.800. The van der Waals surface area contributed by atoms with Crippen molar-refractivity contribution in [3.63, 3.8) is 0 Å². The van der Waals surface area contributed by atoms with Gasteiger partial charge >= 0.3 is 6.09 Å². The molecule has 0 aliphatic carbocycles. The van der Waals surface area contributed by atoms with Crippen LogP contribution in [0.4, 0.5) is 4.79 Å². The number of aromatic nitrogens is 3. The molecule has 2 heterocycles. The highest BCUT2D eigenvalue weighted by Gasteiger charge is 2.35. The largest absolute Gasteiger partial charge is 0.444 e. The van der Waals surface area contributed by atoms with Crippen molar-refractivity contribution in [2.45, 2.75) is 58.8 Å². The molecule has 2 unspecified atom stereocenters. The zero-order chi connectivity index (χ0) is 16.3. The van der Waals surface area contributed by atoms with Crippen LogP contribution in [0.2, 0.25) is 0 Å². The fourth-order valence-electron chi connectivity index (χ4n) is 2.66. The van der Waals surface area contributed by atoms with Gasteiger partial charge in [0.25, 0.3) is 0 Å². The van der Waals surface area contributed by atoms with Crippen molar-refractivity contribution in [3.8, 4) is 0 Å². The molecule has 124 valence electrons. The second-order valence-corrected chi connectivity index (χ2v) is 6.80. The molecule has 7 heteroatoms. The molecule has 1 aliphatic heterocycles. The van der Waals surface area contributed by atoms with Crippen LogP contribution in [0.1, 0.15) is 52.3 Å². The molecule has 2 rings (SSSR count). The van der Waals surface area contributed by atoms with E-state index in [1.54, 1.807) is 15.8 Å². The van der Waals surface area contributed by atoms with Gasteiger partial charge < -0.3 is 14.7 Å². The molecule has 22 heavy (non-hydrogen) atoms. The van der Waals surface area contributed by atoms with Crippen molar-refractivity contribution < 1.29 is 14.6 Å². The number of aliphatic hydroxyl groups excluding tert-OH is 1. The van der Waals surface area contributed by atoms with Crippen molar-refractivity contribution in [3.05, 3.63) is 11.9 Å². The Morgan fingerprint density at radius 2 is 2.27 bits per heavy atom. The highest BCUT2D eigenvalue weighted by molar-refractivity contribution is 5.68. The molecule has 0 aromatic carbocycles. The SMILES string of the molecule is CCCn1nncc1C(O)C1CCN(C(=O)OC(C)(C)C)C1. The van der Waals surface area contributed by atoms with Crippen molar-refractivity contribution in [2.75, 3.05) is 13.1 Å². The van der Waals surface area contributed by atoms with Crippen LogP contribution in [-0.2, 0) is 11.3 Å². The van der Waals surface area contributed by atoms with Gasteiger partial charge in [-0.3, -0.25) is 0 Å². The van der Waals surface area contributed by atoms with E-state index in [2.05, 4.69) is 17.2 Å². The zero-order valence-corrected chi connectivity index (χ0v) is 13.8. The zero-order valence-electron chi connectivity index (χ0n) is 13.8. The van der Waals surface area contributed by atoms with Gasteiger partial charge in [-0.15, -0.1) is 5.10 Å². The van der Waals surface area contributed by atoms with Crippen LogP contribution in [0.25, 0.3) is 0 Å². The summed E-state index contributed by atoms with van der Waals surface area (Å²) in [7, 11) is 0. The molecule has 7 nitrogen and oxygen atoms in total. The van der Waals surface area contributed by atoms with Crippen molar-refractivity contribution in [2.24, 2.45) is 5.92 Å². The Morgan fingerprint density at radius 1 is 1.55 bits per heavy atom. The first kappa shape index (κ1) is 16.7. The molecule has 0 radical (unpaired) electrons. The summed E-state index contributed by atoms with van der Waals surface area (Å²) in [5.74, 6) is -0.0124. The van der Waals surface area contributed by atoms with Crippen molar-refractivity contribution in [1.82, 2.24) is 19.9 Å². The van der Waals surface area contributed by atoms with Gasteiger partial charge in [0.05, 0.1) is 11.9 Å². The Labute approximate surface area is 131 Å². The van der Waals surface area contributed by atoms with Crippen molar-refractivity contribution >= 4 is 6.09 Å². The molecule has 0 bridgehead atoms. The third kappa shape index (κ3) is 3.97. The number of ether oxygens (including phenoxy) is 1. The lowest BCUT2D eigenvalue weighted by Crippen LogP contribution is -2.35. The first-order valence-electron chi connectivity index (χ1n) is 7.86. The summed E-state index contributed by atoms with van der Waals surface area (Å²) in [6, 6.07) is 0. The molecule has 0 saturated carbocycles. The number of amides is 1. The Bertz CT molecular complexity index is 509. The minimum atomic E-state index is -0.658. The van der Waals surface area contributed by atoms with Gasteiger partial charge in [-0.25, -0.2) is 9.48 Å². The number of carbonyl (C=O) groups is 1. The minimum absolute atomic E-state index is 0.0124. The predicted octanol–water partition coefficient (Wildman–Crippen LogP) is 1.98. The van der Waals surface area contributed by atoms with Gasteiger partial charge in [-0.05, 0) is 33.6 Å². The molecule has 1 saturated heterocycles. The normalized spacial score (nSPS) is 20.2. The molecule has 1 N–H and O–H groups in total. The quantitative estimate of drug-likeness (QED) is 0.919. The third-order valence-electron chi connectivity index (χ3n) is 3.71. The summed E-state index contributed by atoms with van der Waals surface area (Å²) in [5.41, 5.74) is 0.218. The Kier molecular flexibility index (Phi) is 5.05. The topological polar surface area (TPSA) is 80.5 Å². The molecule has 1 amide bonds. The number of nitrogens with zero attached hydrogens (tertiary/aromatic N) is 4. The van der Waals surface area contributed by atoms with Crippen LogP contribution in [0.5, 0.6) is 0 Å². The Balaban J connectivity index is 1.97. The maximum Gasteiger partial charge on any atom is 0.410 e. The second kappa shape index (κ2) is 6.64. The summed E-state index contributed by atoms with van der Waals surface area (Å²) in [6.07, 6.45) is 2.31. The fourth-order valence-corrected chi connectivity index (χ4v) is 2.66. The molecular weight excluding hydrogens is 284 g/mol. The molecule has 2 atom stereocenters. The van der Waals surface area contributed by atoms with Gasteiger partial charge in [0.1, 0.15) is 11.7 Å². The summed E-state index contributed by atoms with van der Waals surface area (Å²) < 4.78 is 7.12. The maximum absolute atomic E-state index is 12.1. The minimum Gasteiger partial charge on any atom is -0.444 e. The van der Waals surface area contributed by atoms with Crippen LogP contribution in [-0.4, -0.2) is 49.8 Å². The van der Waals surface area contributed by atoms with E-state index in [1.807, 2.05) is 20.8 Å². The van der Waals surface area contributed by atoms with E-state index in [0.29, 0.717) is 13.1 Å². The lowest BCUT2D eigenvalue weighted by molar-refractivity contribution is 0.0265. The van der Waals surface area contributed by atoms with Gasteiger partial charge in [0.2, 0.25) is 0 Å². The summed E-state index contributed by atoms with van der Waals surface area (Å²) in [4.78, 5) is 13.7. The van der Waals surface area contributed by atoms with Crippen LogP contribution in [0.15, 0.2) is 6.20 Å². The van der Waals surface area contributed by atoms with Crippen LogP contribution in [0, 0.1) is 5.92 Å². The summed E-state index contributed by atoms with van der Waals surface area (Å²) >= 11 is 0. The van der Waals surface area contributed by atoms with E-state index in [-0.39, 0.29) is 12.0 Å². The lowest BCUT2D eigenvalue weighted by atomic mass is 9.99. The number of rotatable bonds is 4. The van der Waals surface area contributed by atoms with Gasteiger partial charge in [-0.2, -0.15) is 0 Å². The van der Waals surface area contributed by atoms with E-state index in [9.17, 15) is 9.90 Å². The smallest absolute Gasteiger partial charge is 0.410 e. The number of aliphatic hydroxyl groups is 1. The van der Waals surface area contributed by atoms with E-state index in [0.717, 1.165) is 25.1 Å². The highest BCUT2D eigenvalue weighted by atomic mass is 16.6. The average Bonchev–Trinajstić information content (AvgIpc) is 3.05. The number of hydrogen-bond donors (Lipinski definition) is 1. The van der Waals surface area contributed by atoms with Gasteiger partial charge in [0.15, 0.2) is 0 Å². The lowest BCUT2D eigenvalue weighted by Gasteiger charge is -2.25. The van der Waals surface area contributed by atoms with Crippen LogP contribution < -0.4 is 0 Å². The first-order chi connectivity index (χ1) is 10.3. The van der Waals surface area contributed by atoms with Crippen LogP contribution >= 0.6 is 0 Å². The van der Waals surface area contributed by atoms with Crippen LogP contribution in [0.3, 0.4) is 0 Å². The van der Waals surface area contributed by atoms with Gasteiger partial charge in [-0.1, -0.05) is 12.1 Å². The molecule has 0 spiro atoms. The summed E-state index contributed by atoms with van der Waals surface area (Å²) in [6.45, 7) is 9.43. The van der Waals surface area contributed by atoms with Gasteiger partial charge in [0, 0.05) is 25.6 Å². The van der Waals surface area contributed by atoms with E-state index < -0.39 is 11.7 Å². The van der Waals surface area contributed by atoms with E-state index in [4.69, 9.17) is 4.74 Å². The predicted molar refractivity (Wildman–Crippen MR) is 81.2 cm³/mol. The molecular formula is C15H26N4O3. The van der Waals surface area contributed by atoms with E-state index in [1.165, 1.54) is 0 Å². The number of hydrogen-bond acceptors (Lipinski definition) is 5. The molecule has 1 aromatic rings. The number of likely N-dealkylation sites (tertiary alicyclic amines) is 1. The first-order valence-corrected chi connectivity index (χ1v) is 7.86. The maximum atomic E-state index is 12.1. The number of aryl methyl sites for hydroxylation is 1. The number of carbonyl (C=O) groups excluding carboxylic acids is 1. The Hall–Kier alpha value is -1.63. The molecule has 1 aromatic heterocycles. The highest BCUT2D eigenvalue weighted by Crippen LogP contribution is 2.30.